The fourth-order valence-corrected chi connectivity index (χ4v) is 9.22. The van der Waals surface area contributed by atoms with Crippen LogP contribution in [0.1, 0.15) is 0 Å². The Morgan fingerprint density at radius 1 is 0.311 bits per heavy atom. The van der Waals surface area contributed by atoms with Crippen LogP contribution >= 0.6 is 0 Å². The van der Waals surface area contributed by atoms with Crippen molar-refractivity contribution in [2.45, 2.75) is 0 Å². The Labute approximate surface area is 353 Å². The van der Waals surface area contributed by atoms with Crippen molar-refractivity contribution >= 4 is 71.6 Å². The first-order chi connectivity index (χ1) is 30.2. The second-order valence-electron chi connectivity index (χ2n) is 15.7. The van der Waals surface area contributed by atoms with E-state index < -0.39 is 0 Å². The summed E-state index contributed by atoms with van der Waals surface area (Å²) in [5.41, 5.74) is 15.7. The van der Waals surface area contributed by atoms with Crippen molar-refractivity contribution in [1.82, 2.24) is 4.57 Å². The predicted molar refractivity (Wildman–Crippen MR) is 257 cm³/mol. The molecule has 0 saturated carbocycles. The van der Waals surface area contributed by atoms with Gasteiger partial charge >= 0.3 is 0 Å². The van der Waals surface area contributed by atoms with Crippen LogP contribution in [0.15, 0.2) is 235 Å². The minimum Gasteiger partial charge on any atom is -0.456 e. The van der Waals surface area contributed by atoms with Gasteiger partial charge in [0, 0.05) is 49.7 Å². The Kier molecular flexibility index (Phi) is 8.17. The molecule has 0 fully saturated rings. The van der Waals surface area contributed by atoms with Gasteiger partial charge in [0.1, 0.15) is 11.2 Å². The molecule has 0 bridgehead atoms. The number of hydrogen-bond acceptors (Lipinski definition) is 2. The van der Waals surface area contributed by atoms with Crippen molar-refractivity contribution in [3.63, 3.8) is 0 Å². The summed E-state index contributed by atoms with van der Waals surface area (Å²) in [6.07, 6.45) is 0. The van der Waals surface area contributed by atoms with Gasteiger partial charge in [-0.15, -0.1) is 0 Å². The summed E-state index contributed by atoms with van der Waals surface area (Å²) in [6.45, 7) is 0. The lowest BCUT2D eigenvalue weighted by Gasteiger charge is -2.26. The zero-order valence-corrected chi connectivity index (χ0v) is 33.2. The molecule has 12 rings (SSSR count). The number of para-hydroxylation sites is 2. The highest BCUT2D eigenvalue weighted by molar-refractivity contribution is 6.19. The van der Waals surface area contributed by atoms with Crippen LogP contribution in [0, 0.1) is 0 Å². The highest BCUT2D eigenvalue weighted by atomic mass is 16.3. The molecule has 0 aliphatic carbocycles. The first kappa shape index (κ1) is 34.9. The predicted octanol–water partition coefficient (Wildman–Crippen LogP) is 16.3. The van der Waals surface area contributed by atoms with Crippen molar-refractivity contribution in [2.75, 3.05) is 4.90 Å². The molecule has 0 atom stereocenters. The molecule has 0 amide bonds. The van der Waals surface area contributed by atoms with Gasteiger partial charge < -0.3 is 13.9 Å². The molecule has 0 aliphatic rings. The highest BCUT2D eigenvalue weighted by Crippen LogP contribution is 2.41. The molecule has 2 aromatic heterocycles. The molecular formula is C58H38N2O. The van der Waals surface area contributed by atoms with E-state index in [4.69, 9.17) is 4.42 Å². The maximum Gasteiger partial charge on any atom is 0.135 e. The average Bonchev–Trinajstić information content (AvgIpc) is 3.88. The van der Waals surface area contributed by atoms with Gasteiger partial charge in [-0.25, -0.2) is 0 Å². The topological polar surface area (TPSA) is 21.3 Å². The first-order valence-corrected chi connectivity index (χ1v) is 20.8. The summed E-state index contributed by atoms with van der Waals surface area (Å²) < 4.78 is 8.57. The van der Waals surface area contributed by atoms with Gasteiger partial charge in [0.15, 0.2) is 0 Å². The Hall–Kier alpha value is -8.14. The monoisotopic (exact) mass is 778 g/mol. The Bertz CT molecular complexity index is 3560. The van der Waals surface area contributed by atoms with Crippen LogP contribution in [0.25, 0.3) is 93.6 Å². The fraction of sp³-hybridized carbons (Fsp3) is 0. The Morgan fingerprint density at radius 3 is 1.64 bits per heavy atom. The smallest absolute Gasteiger partial charge is 0.135 e. The first-order valence-electron chi connectivity index (χ1n) is 20.8. The molecule has 0 unspecified atom stereocenters. The minimum atomic E-state index is 0.904. The third-order valence-electron chi connectivity index (χ3n) is 12.2. The third kappa shape index (κ3) is 5.98. The van der Waals surface area contributed by atoms with Crippen molar-refractivity contribution in [1.29, 1.82) is 0 Å². The van der Waals surface area contributed by atoms with Crippen LogP contribution in [0.5, 0.6) is 0 Å². The summed E-state index contributed by atoms with van der Waals surface area (Å²) in [6, 6.07) is 83.0. The van der Waals surface area contributed by atoms with Crippen LogP contribution in [-0.4, -0.2) is 4.57 Å². The molecule has 0 spiro atoms. The van der Waals surface area contributed by atoms with Gasteiger partial charge in [-0.05, 0) is 112 Å². The van der Waals surface area contributed by atoms with Gasteiger partial charge in [-0.1, -0.05) is 158 Å². The largest absolute Gasteiger partial charge is 0.456 e. The number of rotatable bonds is 7. The van der Waals surface area contributed by atoms with Crippen LogP contribution < -0.4 is 4.90 Å². The number of anilines is 3. The maximum absolute atomic E-state index is 6.13. The van der Waals surface area contributed by atoms with E-state index in [9.17, 15) is 0 Å². The van der Waals surface area contributed by atoms with Gasteiger partial charge in [-0.2, -0.15) is 0 Å². The lowest BCUT2D eigenvalue weighted by Crippen LogP contribution is -2.10. The van der Waals surface area contributed by atoms with E-state index in [0.717, 1.165) is 61.4 Å². The second kappa shape index (κ2) is 14.3. The zero-order valence-electron chi connectivity index (χ0n) is 33.2. The molecule has 0 N–H and O–H groups in total. The fourth-order valence-electron chi connectivity index (χ4n) is 9.22. The molecular weight excluding hydrogens is 741 g/mol. The number of fused-ring (bicyclic) bond motifs is 8. The van der Waals surface area contributed by atoms with Gasteiger partial charge in [0.2, 0.25) is 0 Å². The summed E-state index contributed by atoms with van der Waals surface area (Å²) in [4.78, 5) is 2.36. The number of benzene rings is 10. The molecule has 10 aromatic carbocycles. The maximum atomic E-state index is 6.13. The van der Waals surface area contributed by atoms with Crippen molar-refractivity contribution in [3.8, 4) is 39.1 Å². The number of furan rings is 1. The number of aromatic nitrogens is 1. The summed E-state index contributed by atoms with van der Waals surface area (Å²) >= 11 is 0. The number of nitrogens with zero attached hydrogens (tertiary/aromatic N) is 2. The van der Waals surface area contributed by atoms with Gasteiger partial charge in [0.25, 0.3) is 0 Å². The lowest BCUT2D eigenvalue weighted by molar-refractivity contribution is 0.669. The van der Waals surface area contributed by atoms with Crippen LogP contribution in [0.4, 0.5) is 17.1 Å². The normalized spacial score (nSPS) is 11.6. The SMILES string of the molecule is c1ccc(-c2cccc(N(c3ccc(-c4ccc5oc6ccccc6c5c4)cc3)c3ccc(-c4ccc5c6ccc7ccccc7c6n(-c6ccccc6)c5c4)cc3)c2)cc1. The van der Waals surface area contributed by atoms with Crippen molar-refractivity contribution in [3.05, 3.63) is 231 Å². The Morgan fingerprint density at radius 2 is 0.869 bits per heavy atom. The van der Waals surface area contributed by atoms with E-state index in [1.54, 1.807) is 0 Å². The van der Waals surface area contributed by atoms with E-state index in [1.807, 2.05) is 12.1 Å². The quantitative estimate of drug-likeness (QED) is 0.161. The van der Waals surface area contributed by atoms with Crippen LogP contribution in [-0.2, 0) is 0 Å². The van der Waals surface area contributed by atoms with E-state index in [0.29, 0.717) is 0 Å². The Balaban J connectivity index is 0.956. The minimum absolute atomic E-state index is 0.904. The molecule has 0 saturated heterocycles. The zero-order chi connectivity index (χ0) is 40.3. The second-order valence-corrected chi connectivity index (χ2v) is 15.7. The summed E-state index contributed by atoms with van der Waals surface area (Å²) in [7, 11) is 0. The standard InChI is InChI=1S/C58H38N2O/c1-3-12-39(13-4-1)43-15-11-18-49(36-43)59(47-29-22-40(23-30-47)44-28-35-57-54(37-44)52-20-9-10-21-56(52)61-57)48-31-24-41(25-32-48)45-27-33-51-53-34-26-42-14-7-8-19-50(42)58(53)60(55(51)38-45)46-16-5-2-6-17-46/h1-38H. The third-order valence-corrected chi connectivity index (χ3v) is 12.2. The molecule has 286 valence electrons. The van der Waals surface area contributed by atoms with Gasteiger partial charge in [0.05, 0.1) is 11.0 Å². The highest BCUT2D eigenvalue weighted by Gasteiger charge is 2.18. The van der Waals surface area contributed by atoms with E-state index in [2.05, 4.69) is 228 Å². The molecule has 12 aromatic rings. The van der Waals surface area contributed by atoms with E-state index >= 15 is 0 Å². The van der Waals surface area contributed by atoms with E-state index in [1.165, 1.54) is 49.3 Å². The molecule has 3 heteroatoms. The van der Waals surface area contributed by atoms with Crippen molar-refractivity contribution in [2.24, 2.45) is 0 Å². The van der Waals surface area contributed by atoms with Crippen LogP contribution in [0.2, 0.25) is 0 Å². The number of hydrogen-bond donors (Lipinski definition) is 0. The van der Waals surface area contributed by atoms with Gasteiger partial charge in [-0.3, -0.25) is 0 Å². The molecule has 0 aliphatic heterocycles. The average molecular weight is 779 g/mol. The van der Waals surface area contributed by atoms with Crippen molar-refractivity contribution < 1.29 is 4.42 Å². The summed E-state index contributed by atoms with van der Waals surface area (Å²) in [5.74, 6) is 0. The molecule has 61 heavy (non-hydrogen) atoms. The molecule has 2 heterocycles. The summed E-state index contributed by atoms with van der Waals surface area (Å²) in [5, 5.41) is 7.26. The van der Waals surface area contributed by atoms with E-state index in [-0.39, 0.29) is 0 Å². The lowest BCUT2D eigenvalue weighted by atomic mass is 10.0. The van der Waals surface area contributed by atoms with Crippen LogP contribution in [0.3, 0.4) is 0 Å². The molecule has 3 nitrogen and oxygen atoms in total. The molecule has 0 radical (unpaired) electrons.